The molecule has 1 atom stereocenters. The topological polar surface area (TPSA) is 15.3 Å². The molecule has 2 rings (SSSR count). The van der Waals surface area contributed by atoms with Crippen LogP contribution in [0, 0.1) is 5.92 Å². The Balaban J connectivity index is 1.70. The molecule has 2 nitrogen and oxygen atoms in total. The zero-order valence-electron chi connectivity index (χ0n) is 10.9. The van der Waals surface area contributed by atoms with E-state index in [1.165, 1.54) is 24.4 Å². The van der Waals surface area contributed by atoms with Gasteiger partial charge in [-0.3, -0.25) is 0 Å². The van der Waals surface area contributed by atoms with Crippen LogP contribution < -0.4 is 5.32 Å². The molecule has 102 valence electrons. The van der Waals surface area contributed by atoms with Crippen LogP contribution in [0.5, 0.6) is 0 Å². The molecule has 0 amide bonds. The Morgan fingerprint density at radius 2 is 2.39 bits per heavy atom. The average Bonchev–Trinajstić information content (AvgIpc) is 2.88. The van der Waals surface area contributed by atoms with Gasteiger partial charge in [-0.1, -0.05) is 11.6 Å². The summed E-state index contributed by atoms with van der Waals surface area (Å²) in [6, 6.07) is 2.79. The van der Waals surface area contributed by atoms with Gasteiger partial charge in [-0.05, 0) is 61.3 Å². The fraction of sp³-hybridized carbons (Fsp3) is 0.692. The minimum Gasteiger partial charge on any atom is -0.312 e. The first kappa shape index (κ1) is 14.8. The van der Waals surface area contributed by atoms with E-state index in [4.69, 9.17) is 11.6 Å². The van der Waals surface area contributed by atoms with Crippen LogP contribution in [-0.4, -0.2) is 30.6 Å². The van der Waals surface area contributed by atoms with Crippen molar-refractivity contribution in [1.82, 2.24) is 10.2 Å². The molecule has 0 saturated carbocycles. The van der Waals surface area contributed by atoms with Gasteiger partial charge in [0.2, 0.25) is 0 Å². The molecule has 0 aliphatic carbocycles. The Morgan fingerprint density at radius 3 is 2.94 bits per heavy atom. The Bertz CT molecular complexity index is 375. The molecule has 18 heavy (non-hydrogen) atoms. The highest BCUT2D eigenvalue weighted by atomic mass is 79.9. The molecule has 0 spiro atoms. The average molecular weight is 352 g/mol. The predicted octanol–water partition coefficient (Wildman–Crippen LogP) is 3.98. The van der Waals surface area contributed by atoms with E-state index in [1.54, 1.807) is 11.3 Å². The van der Waals surface area contributed by atoms with Gasteiger partial charge in [0.1, 0.15) is 4.34 Å². The van der Waals surface area contributed by atoms with Crippen molar-refractivity contribution in [1.29, 1.82) is 0 Å². The number of hydrogen-bond acceptors (Lipinski definition) is 3. The van der Waals surface area contributed by atoms with Gasteiger partial charge in [0.25, 0.3) is 0 Å². The van der Waals surface area contributed by atoms with Gasteiger partial charge in [0.05, 0.1) is 0 Å². The highest BCUT2D eigenvalue weighted by Crippen LogP contribution is 2.31. The molecule has 2 heterocycles. The van der Waals surface area contributed by atoms with Crippen LogP contribution in [0.15, 0.2) is 10.5 Å². The molecule has 1 aliphatic heterocycles. The third-order valence-corrected chi connectivity index (χ3v) is 5.95. The Hall–Kier alpha value is 0.390. The number of nitrogens with zero attached hydrogens (tertiary/aromatic N) is 1. The molecule has 1 aliphatic rings. The molecule has 0 radical (unpaired) electrons. The van der Waals surface area contributed by atoms with Crippen molar-refractivity contribution in [3.63, 3.8) is 0 Å². The summed E-state index contributed by atoms with van der Waals surface area (Å²) >= 11 is 11.1. The van der Waals surface area contributed by atoms with Gasteiger partial charge in [-0.25, -0.2) is 0 Å². The zero-order valence-corrected chi connectivity index (χ0v) is 14.0. The first-order chi connectivity index (χ1) is 8.56. The third-order valence-electron chi connectivity index (χ3n) is 3.48. The second-order valence-electron chi connectivity index (χ2n) is 5.21. The predicted molar refractivity (Wildman–Crippen MR) is 83.6 cm³/mol. The van der Waals surface area contributed by atoms with Crippen molar-refractivity contribution < 1.29 is 0 Å². The Kier molecular flexibility index (Phi) is 5.51. The first-order valence-corrected chi connectivity index (χ1v) is 8.43. The van der Waals surface area contributed by atoms with Crippen LogP contribution in [0.1, 0.15) is 25.1 Å². The number of nitrogens with one attached hydrogen (secondary N) is 1. The van der Waals surface area contributed by atoms with Crippen LogP contribution >= 0.6 is 38.9 Å². The molecule has 1 aromatic rings. The van der Waals surface area contributed by atoms with Crippen LogP contribution in [0.3, 0.4) is 0 Å². The van der Waals surface area contributed by atoms with Gasteiger partial charge in [0.15, 0.2) is 0 Å². The maximum absolute atomic E-state index is 6.03. The minimum atomic E-state index is 0.682. The molecule has 1 N–H and O–H groups in total. The van der Waals surface area contributed by atoms with Crippen molar-refractivity contribution in [3.05, 3.63) is 19.8 Å². The van der Waals surface area contributed by atoms with Gasteiger partial charge < -0.3 is 10.2 Å². The van der Waals surface area contributed by atoms with Crippen molar-refractivity contribution in [3.8, 4) is 0 Å². The van der Waals surface area contributed by atoms with E-state index in [0.29, 0.717) is 6.04 Å². The Labute approximate surface area is 127 Å². The standard InChI is InChI=1S/C13H20BrClN2S/c1-9(2)17-4-3-10(8-17)6-16-7-11-5-12(14)13(15)18-11/h5,9-10,16H,3-4,6-8H2,1-2H3. The number of hydrogen-bond donors (Lipinski definition) is 1. The maximum atomic E-state index is 6.03. The summed E-state index contributed by atoms with van der Waals surface area (Å²) in [6.45, 7) is 9.08. The van der Waals surface area contributed by atoms with E-state index in [-0.39, 0.29) is 0 Å². The molecular weight excluding hydrogens is 332 g/mol. The summed E-state index contributed by atoms with van der Waals surface area (Å²) in [7, 11) is 0. The monoisotopic (exact) mass is 350 g/mol. The van der Waals surface area contributed by atoms with Crippen molar-refractivity contribution in [2.75, 3.05) is 19.6 Å². The van der Waals surface area contributed by atoms with E-state index in [9.17, 15) is 0 Å². The minimum absolute atomic E-state index is 0.682. The molecule has 0 aromatic carbocycles. The van der Waals surface area contributed by atoms with E-state index in [1.807, 2.05) is 0 Å². The van der Waals surface area contributed by atoms with Crippen LogP contribution in [0.25, 0.3) is 0 Å². The van der Waals surface area contributed by atoms with E-state index >= 15 is 0 Å². The summed E-state index contributed by atoms with van der Waals surface area (Å²) in [5, 5.41) is 3.55. The molecular formula is C13H20BrClN2S. The Morgan fingerprint density at radius 1 is 1.61 bits per heavy atom. The highest BCUT2D eigenvalue weighted by Gasteiger charge is 2.23. The second-order valence-corrected chi connectivity index (χ2v) is 7.80. The second kappa shape index (κ2) is 6.71. The van der Waals surface area contributed by atoms with E-state index in [2.05, 4.69) is 46.1 Å². The lowest BCUT2D eigenvalue weighted by Crippen LogP contribution is -2.30. The smallest absolute Gasteiger partial charge is 0.107 e. The zero-order chi connectivity index (χ0) is 13.1. The van der Waals surface area contributed by atoms with E-state index < -0.39 is 0 Å². The summed E-state index contributed by atoms with van der Waals surface area (Å²) in [4.78, 5) is 3.86. The largest absolute Gasteiger partial charge is 0.312 e. The third kappa shape index (κ3) is 3.94. The summed E-state index contributed by atoms with van der Waals surface area (Å²) in [5.41, 5.74) is 0. The fourth-order valence-corrected chi connectivity index (χ4v) is 4.14. The summed E-state index contributed by atoms with van der Waals surface area (Å²) in [6.07, 6.45) is 1.32. The lowest BCUT2D eigenvalue weighted by molar-refractivity contribution is 0.264. The van der Waals surface area contributed by atoms with Crippen molar-refractivity contribution in [2.45, 2.75) is 32.9 Å². The lowest BCUT2D eigenvalue weighted by Gasteiger charge is -2.20. The molecule has 0 bridgehead atoms. The lowest BCUT2D eigenvalue weighted by atomic mass is 10.1. The number of likely N-dealkylation sites (tertiary alicyclic amines) is 1. The maximum Gasteiger partial charge on any atom is 0.107 e. The number of halogens is 2. The van der Waals surface area contributed by atoms with E-state index in [0.717, 1.165) is 27.8 Å². The number of rotatable bonds is 5. The molecule has 1 aromatic heterocycles. The number of thiophene rings is 1. The van der Waals surface area contributed by atoms with Gasteiger partial charge >= 0.3 is 0 Å². The first-order valence-electron chi connectivity index (χ1n) is 6.44. The fourth-order valence-electron chi connectivity index (χ4n) is 2.38. The molecule has 5 heteroatoms. The van der Waals surface area contributed by atoms with Crippen LogP contribution in [-0.2, 0) is 6.54 Å². The summed E-state index contributed by atoms with van der Waals surface area (Å²) in [5.74, 6) is 0.797. The van der Waals surface area contributed by atoms with Crippen molar-refractivity contribution in [2.24, 2.45) is 5.92 Å². The normalized spacial score (nSPS) is 21.1. The van der Waals surface area contributed by atoms with Gasteiger partial charge in [-0.15, -0.1) is 11.3 Å². The summed E-state index contributed by atoms with van der Waals surface area (Å²) < 4.78 is 1.86. The van der Waals surface area contributed by atoms with Gasteiger partial charge in [0, 0.05) is 28.5 Å². The van der Waals surface area contributed by atoms with Crippen LogP contribution in [0.2, 0.25) is 4.34 Å². The van der Waals surface area contributed by atoms with Gasteiger partial charge in [-0.2, -0.15) is 0 Å². The molecule has 1 fully saturated rings. The van der Waals surface area contributed by atoms with Crippen molar-refractivity contribution >= 4 is 38.9 Å². The highest BCUT2D eigenvalue weighted by molar-refractivity contribution is 9.10. The van der Waals surface area contributed by atoms with Crippen LogP contribution in [0.4, 0.5) is 0 Å². The SMILES string of the molecule is CC(C)N1CCC(CNCc2cc(Br)c(Cl)s2)C1. The molecule has 1 unspecified atom stereocenters. The molecule has 1 saturated heterocycles. The quantitative estimate of drug-likeness (QED) is 0.863.